The van der Waals surface area contributed by atoms with Crippen molar-refractivity contribution >= 4 is 5.78 Å². The van der Waals surface area contributed by atoms with Crippen LogP contribution in [0.4, 0.5) is 39.5 Å². The van der Waals surface area contributed by atoms with E-state index in [0.717, 1.165) is 12.2 Å². The summed E-state index contributed by atoms with van der Waals surface area (Å²) in [7, 11) is 0. The van der Waals surface area contributed by atoms with Gasteiger partial charge in [-0.05, 0) is 17.7 Å². The third-order valence-corrected chi connectivity index (χ3v) is 4.27. The number of hydrogen-bond donors (Lipinski definition) is 0. The Bertz CT molecular complexity index is 796. The number of allylic oxidation sites excluding steroid dienone is 6. The standard InChI is InChI=1S/C15H9F9N2O/c16-13(17,18)10-5-11-8(2-1-3-25(11)14(19,20)21)9-4-7(27)6-26(12(9)10)15(22,23)24/h1-3,5,9H,4,6H2. The minimum absolute atomic E-state index is 0.0448. The second-order valence-electron chi connectivity index (χ2n) is 5.98. The van der Waals surface area contributed by atoms with E-state index in [2.05, 4.69) is 0 Å². The maximum atomic E-state index is 13.4. The number of ketones is 1. The Labute approximate surface area is 145 Å². The fraction of sp³-hybridized carbons (Fsp3) is 0.400. The first-order valence-corrected chi connectivity index (χ1v) is 7.35. The molecule has 0 aromatic heterocycles. The lowest BCUT2D eigenvalue weighted by molar-refractivity contribution is -0.238. The summed E-state index contributed by atoms with van der Waals surface area (Å²) < 4.78 is 120. The van der Waals surface area contributed by atoms with Crippen LogP contribution in [0.15, 0.2) is 47.0 Å². The molecule has 1 unspecified atom stereocenters. The molecule has 0 N–H and O–H groups in total. The van der Waals surface area contributed by atoms with Crippen molar-refractivity contribution in [3.63, 3.8) is 0 Å². The molecule has 1 saturated heterocycles. The van der Waals surface area contributed by atoms with E-state index in [1.807, 2.05) is 0 Å². The predicted octanol–water partition coefficient (Wildman–Crippen LogP) is 4.39. The molecular formula is C15H9F9N2O. The van der Waals surface area contributed by atoms with Crippen molar-refractivity contribution in [2.45, 2.75) is 25.2 Å². The largest absolute Gasteiger partial charge is 0.488 e. The first kappa shape index (κ1) is 19.4. The van der Waals surface area contributed by atoms with Crippen LogP contribution in [0.3, 0.4) is 0 Å². The lowest BCUT2D eigenvalue weighted by atomic mass is 9.77. The van der Waals surface area contributed by atoms with Crippen molar-refractivity contribution in [3.05, 3.63) is 47.0 Å². The summed E-state index contributed by atoms with van der Waals surface area (Å²) in [6.45, 7) is -1.33. The fourth-order valence-electron chi connectivity index (χ4n) is 3.30. The van der Waals surface area contributed by atoms with Crippen molar-refractivity contribution in [2.24, 2.45) is 5.92 Å². The van der Waals surface area contributed by atoms with Crippen molar-refractivity contribution in [1.82, 2.24) is 9.80 Å². The van der Waals surface area contributed by atoms with Gasteiger partial charge in [0, 0.05) is 24.2 Å². The molecule has 1 atom stereocenters. The Kier molecular flexibility index (Phi) is 4.16. The molecule has 0 radical (unpaired) electrons. The molecule has 0 aromatic carbocycles. The lowest BCUT2D eigenvalue weighted by Crippen LogP contribution is -2.50. The topological polar surface area (TPSA) is 23.6 Å². The minimum Gasteiger partial charge on any atom is -0.298 e. The van der Waals surface area contributed by atoms with Crippen molar-refractivity contribution in [1.29, 1.82) is 0 Å². The number of carbonyl (C=O) groups is 1. The molecule has 12 heteroatoms. The summed E-state index contributed by atoms with van der Waals surface area (Å²) in [5.74, 6) is -2.82. The highest BCUT2D eigenvalue weighted by molar-refractivity contribution is 5.84. The number of piperidine rings is 1. The van der Waals surface area contributed by atoms with Gasteiger partial charge in [0.2, 0.25) is 0 Å². The number of Topliss-reactive ketones (excluding diaryl/α,β-unsaturated/α-hetero) is 1. The van der Waals surface area contributed by atoms with Gasteiger partial charge in [-0.3, -0.25) is 14.6 Å². The van der Waals surface area contributed by atoms with Crippen LogP contribution in [-0.2, 0) is 4.79 Å². The second kappa shape index (κ2) is 5.80. The van der Waals surface area contributed by atoms with Gasteiger partial charge in [0.15, 0.2) is 5.78 Å². The van der Waals surface area contributed by atoms with Gasteiger partial charge >= 0.3 is 18.8 Å². The van der Waals surface area contributed by atoms with Gasteiger partial charge < -0.3 is 0 Å². The highest BCUT2D eigenvalue weighted by atomic mass is 19.4. The van der Waals surface area contributed by atoms with Gasteiger partial charge in [-0.1, -0.05) is 6.08 Å². The summed E-state index contributed by atoms with van der Waals surface area (Å²) in [5, 5.41) is 0. The molecule has 2 aliphatic heterocycles. The smallest absolute Gasteiger partial charge is 0.298 e. The normalized spacial score (nSPS) is 23.9. The molecule has 148 valence electrons. The van der Waals surface area contributed by atoms with Crippen LogP contribution >= 0.6 is 0 Å². The third-order valence-electron chi connectivity index (χ3n) is 4.27. The quantitative estimate of drug-likeness (QED) is 0.442. The van der Waals surface area contributed by atoms with Crippen LogP contribution in [0.25, 0.3) is 0 Å². The van der Waals surface area contributed by atoms with Crippen LogP contribution < -0.4 is 0 Å². The lowest BCUT2D eigenvalue weighted by Gasteiger charge is -2.44. The Hall–Kier alpha value is -2.40. The molecular weight excluding hydrogens is 395 g/mol. The highest BCUT2D eigenvalue weighted by Gasteiger charge is 2.54. The van der Waals surface area contributed by atoms with Crippen LogP contribution in [0, 0.1) is 5.92 Å². The van der Waals surface area contributed by atoms with Gasteiger partial charge in [0.1, 0.15) is 0 Å². The van der Waals surface area contributed by atoms with Crippen molar-refractivity contribution in [2.75, 3.05) is 6.54 Å². The van der Waals surface area contributed by atoms with E-state index in [1.54, 1.807) is 0 Å². The summed E-state index contributed by atoms with van der Waals surface area (Å²) >= 11 is 0. The number of nitrogens with zero attached hydrogens (tertiary/aromatic N) is 2. The maximum absolute atomic E-state index is 13.4. The summed E-state index contributed by atoms with van der Waals surface area (Å²) in [5.41, 5.74) is -4.50. The van der Waals surface area contributed by atoms with Gasteiger partial charge in [0.25, 0.3) is 0 Å². The molecule has 0 saturated carbocycles. The van der Waals surface area contributed by atoms with E-state index in [4.69, 9.17) is 0 Å². The van der Waals surface area contributed by atoms with Crippen LogP contribution in [-0.4, -0.2) is 40.9 Å². The number of likely N-dealkylation sites (tertiary alicyclic amines) is 1. The average Bonchev–Trinajstić information content (AvgIpc) is 2.49. The molecule has 0 spiro atoms. The number of fused-ring (bicyclic) bond motifs is 3. The zero-order valence-corrected chi connectivity index (χ0v) is 13.0. The van der Waals surface area contributed by atoms with Gasteiger partial charge in [-0.25, -0.2) is 0 Å². The molecule has 0 amide bonds. The first-order chi connectivity index (χ1) is 12.2. The van der Waals surface area contributed by atoms with E-state index in [-0.39, 0.29) is 6.08 Å². The molecule has 2 heterocycles. The Morgan fingerprint density at radius 1 is 0.963 bits per heavy atom. The number of hydrogen-bond acceptors (Lipinski definition) is 3. The van der Waals surface area contributed by atoms with Gasteiger partial charge in [-0.2, -0.15) is 26.3 Å². The molecule has 3 aliphatic rings. The molecule has 3 nitrogen and oxygen atoms in total. The van der Waals surface area contributed by atoms with Crippen molar-refractivity contribution in [3.8, 4) is 0 Å². The van der Waals surface area contributed by atoms with E-state index in [9.17, 15) is 44.3 Å². The Morgan fingerprint density at radius 3 is 2.11 bits per heavy atom. The van der Waals surface area contributed by atoms with Crippen molar-refractivity contribution < 1.29 is 44.3 Å². The zero-order chi connectivity index (χ0) is 20.4. The average molecular weight is 404 g/mol. The van der Waals surface area contributed by atoms with Crippen LogP contribution in [0.1, 0.15) is 6.42 Å². The summed E-state index contributed by atoms with van der Waals surface area (Å²) in [6.07, 6.45) is -14.2. The van der Waals surface area contributed by atoms with E-state index in [0.29, 0.717) is 6.20 Å². The summed E-state index contributed by atoms with van der Waals surface area (Å²) in [4.78, 5) is 10.7. The molecule has 0 bridgehead atoms. The number of carbonyl (C=O) groups excluding carboxylic acids is 1. The minimum atomic E-state index is -5.35. The van der Waals surface area contributed by atoms with Gasteiger partial charge in [-0.15, -0.1) is 13.2 Å². The predicted molar refractivity (Wildman–Crippen MR) is 72.2 cm³/mol. The molecule has 1 fully saturated rings. The second-order valence-corrected chi connectivity index (χ2v) is 5.98. The van der Waals surface area contributed by atoms with Crippen LogP contribution in [0.5, 0.6) is 0 Å². The monoisotopic (exact) mass is 404 g/mol. The zero-order valence-electron chi connectivity index (χ0n) is 13.0. The third kappa shape index (κ3) is 3.32. The van der Waals surface area contributed by atoms with E-state index < -0.39 is 75.8 Å². The number of rotatable bonds is 0. The van der Waals surface area contributed by atoms with Gasteiger partial charge in [0.05, 0.1) is 17.8 Å². The molecule has 3 rings (SSSR count). The SMILES string of the molecule is O=C1CC2C3=CC=CN(C(F)(F)F)C3=CC(C(F)(F)F)=C2N(C(F)(F)F)C1. The maximum Gasteiger partial charge on any atom is 0.488 e. The molecule has 27 heavy (non-hydrogen) atoms. The first-order valence-electron chi connectivity index (χ1n) is 7.35. The Balaban J connectivity index is 2.28. The highest BCUT2D eigenvalue weighted by Crippen LogP contribution is 2.50. The fourth-order valence-corrected chi connectivity index (χ4v) is 3.30. The molecule has 1 aliphatic carbocycles. The van der Waals surface area contributed by atoms with Crippen LogP contribution in [0.2, 0.25) is 0 Å². The molecule has 0 aromatic rings. The summed E-state index contributed by atoms with van der Waals surface area (Å²) in [6, 6.07) is 0. The van der Waals surface area contributed by atoms with E-state index in [1.165, 1.54) is 0 Å². The Morgan fingerprint density at radius 2 is 1.59 bits per heavy atom. The van der Waals surface area contributed by atoms with E-state index >= 15 is 0 Å². The number of alkyl halides is 9. The number of halogens is 9.